The van der Waals surface area contributed by atoms with Crippen molar-refractivity contribution in [3.63, 3.8) is 0 Å². The van der Waals surface area contributed by atoms with E-state index in [9.17, 15) is 0 Å². The number of aromatic nitrogens is 1. The van der Waals surface area contributed by atoms with E-state index in [1.54, 1.807) is 0 Å². The maximum atomic E-state index is 3.49. The van der Waals surface area contributed by atoms with Crippen LogP contribution in [0.15, 0.2) is 71.3 Å². The van der Waals surface area contributed by atoms with Crippen LogP contribution < -0.4 is 0 Å². The molecule has 0 saturated carbocycles. The van der Waals surface area contributed by atoms with Gasteiger partial charge in [0.15, 0.2) is 0 Å². The second-order valence-electron chi connectivity index (χ2n) is 6.57. The molecule has 0 bridgehead atoms. The molecule has 0 N–H and O–H groups in total. The highest BCUT2D eigenvalue weighted by atomic mass is 79.9. The average molecular weight is 354 g/mol. The molecule has 1 heterocycles. The molecule has 1 nitrogen and oxygen atoms in total. The summed E-state index contributed by atoms with van der Waals surface area (Å²) < 4.78 is 3.32. The van der Waals surface area contributed by atoms with Gasteiger partial charge >= 0.3 is 0 Å². The molecule has 0 radical (unpaired) electrons. The van der Waals surface area contributed by atoms with Gasteiger partial charge in [0.2, 0.25) is 0 Å². The van der Waals surface area contributed by atoms with Gasteiger partial charge in [-0.05, 0) is 52.9 Å². The highest BCUT2D eigenvalue weighted by Gasteiger charge is 2.13. The SMILES string of the molecule is CC(C)(C)c1ccc(-c2cccn2-c2ccc(Br)cc2)cc1. The third-order valence-electron chi connectivity index (χ3n) is 3.90. The first-order chi connectivity index (χ1) is 10.4. The molecule has 0 atom stereocenters. The maximum absolute atomic E-state index is 3.49. The van der Waals surface area contributed by atoms with E-state index in [0.29, 0.717) is 0 Å². The Hall–Kier alpha value is -1.80. The molecule has 22 heavy (non-hydrogen) atoms. The van der Waals surface area contributed by atoms with E-state index in [2.05, 4.69) is 108 Å². The van der Waals surface area contributed by atoms with Gasteiger partial charge < -0.3 is 4.57 Å². The summed E-state index contributed by atoms with van der Waals surface area (Å²) in [6.07, 6.45) is 2.11. The standard InChI is InChI=1S/C20H20BrN/c1-20(2,3)16-8-6-15(7-9-16)19-5-4-14-22(19)18-12-10-17(21)11-13-18/h4-14H,1-3H3. The molecule has 0 unspecified atom stereocenters. The predicted octanol–water partition coefficient (Wildman–Crippen LogP) is 6.20. The zero-order chi connectivity index (χ0) is 15.7. The van der Waals surface area contributed by atoms with Gasteiger partial charge in [0, 0.05) is 16.4 Å². The fourth-order valence-electron chi connectivity index (χ4n) is 2.58. The zero-order valence-electron chi connectivity index (χ0n) is 13.2. The Bertz CT molecular complexity index is 759. The summed E-state index contributed by atoms with van der Waals surface area (Å²) in [6.45, 7) is 6.73. The van der Waals surface area contributed by atoms with E-state index in [1.165, 1.54) is 22.5 Å². The first-order valence-electron chi connectivity index (χ1n) is 7.49. The molecular formula is C20H20BrN. The van der Waals surface area contributed by atoms with Gasteiger partial charge in [-0.1, -0.05) is 61.0 Å². The summed E-state index contributed by atoms with van der Waals surface area (Å²) in [7, 11) is 0. The van der Waals surface area contributed by atoms with Crippen LogP contribution in [0.25, 0.3) is 16.9 Å². The highest BCUT2D eigenvalue weighted by molar-refractivity contribution is 9.10. The van der Waals surface area contributed by atoms with Crippen molar-refractivity contribution in [2.45, 2.75) is 26.2 Å². The van der Waals surface area contributed by atoms with Crippen molar-refractivity contribution in [3.8, 4) is 16.9 Å². The van der Waals surface area contributed by atoms with E-state index >= 15 is 0 Å². The van der Waals surface area contributed by atoms with Crippen LogP contribution in [-0.4, -0.2) is 4.57 Å². The lowest BCUT2D eigenvalue weighted by Crippen LogP contribution is -2.10. The summed E-state index contributed by atoms with van der Waals surface area (Å²) in [5.74, 6) is 0. The topological polar surface area (TPSA) is 4.93 Å². The Morgan fingerprint density at radius 3 is 2.05 bits per heavy atom. The zero-order valence-corrected chi connectivity index (χ0v) is 14.8. The van der Waals surface area contributed by atoms with Crippen molar-refractivity contribution in [1.82, 2.24) is 4.57 Å². The molecule has 2 heteroatoms. The van der Waals surface area contributed by atoms with E-state index in [4.69, 9.17) is 0 Å². The summed E-state index contributed by atoms with van der Waals surface area (Å²) in [5.41, 5.74) is 5.16. The third-order valence-corrected chi connectivity index (χ3v) is 4.43. The molecule has 3 rings (SSSR count). The number of halogens is 1. The molecule has 3 aromatic rings. The normalized spacial score (nSPS) is 11.6. The highest BCUT2D eigenvalue weighted by Crippen LogP contribution is 2.28. The van der Waals surface area contributed by atoms with Gasteiger partial charge in [-0.2, -0.15) is 0 Å². The number of hydrogen-bond acceptors (Lipinski definition) is 0. The first-order valence-corrected chi connectivity index (χ1v) is 8.29. The quantitative estimate of drug-likeness (QED) is 0.516. The predicted molar refractivity (Wildman–Crippen MR) is 97.6 cm³/mol. The van der Waals surface area contributed by atoms with Crippen LogP contribution in [0, 0.1) is 0 Å². The Balaban J connectivity index is 2.00. The van der Waals surface area contributed by atoms with Crippen LogP contribution in [0.4, 0.5) is 0 Å². The molecule has 0 aliphatic rings. The number of nitrogens with zero attached hydrogens (tertiary/aromatic N) is 1. The fraction of sp³-hybridized carbons (Fsp3) is 0.200. The van der Waals surface area contributed by atoms with Gasteiger partial charge in [0.05, 0.1) is 5.69 Å². The van der Waals surface area contributed by atoms with Gasteiger partial charge in [-0.15, -0.1) is 0 Å². The van der Waals surface area contributed by atoms with Crippen molar-refractivity contribution in [3.05, 3.63) is 76.9 Å². The number of rotatable bonds is 2. The van der Waals surface area contributed by atoms with E-state index in [1.807, 2.05) is 0 Å². The lowest BCUT2D eigenvalue weighted by Gasteiger charge is -2.19. The van der Waals surface area contributed by atoms with Gasteiger partial charge in [0.1, 0.15) is 0 Å². The van der Waals surface area contributed by atoms with Crippen LogP contribution in [0.2, 0.25) is 0 Å². The van der Waals surface area contributed by atoms with Crippen LogP contribution in [0.3, 0.4) is 0 Å². The first kappa shape index (κ1) is 15.1. The van der Waals surface area contributed by atoms with Crippen molar-refractivity contribution >= 4 is 15.9 Å². The Morgan fingerprint density at radius 2 is 1.45 bits per heavy atom. The molecule has 0 amide bonds. The summed E-state index contributed by atoms with van der Waals surface area (Å²) >= 11 is 3.49. The number of hydrogen-bond donors (Lipinski definition) is 0. The van der Waals surface area contributed by atoms with Crippen LogP contribution in [0.5, 0.6) is 0 Å². The summed E-state index contributed by atoms with van der Waals surface area (Å²) in [5, 5.41) is 0. The Labute approximate surface area is 140 Å². The lowest BCUT2D eigenvalue weighted by molar-refractivity contribution is 0.590. The molecule has 0 fully saturated rings. The van der Waals surface area contributed by atoms with Gasteiger partial charge in [0.25, 0.3) is 0 Å². The van der Waals surface area contributed by atoms with Crippen molar-refractivity contribution in [2.75, 3.05) is 0 Å². The largest absolute Gasteiger partial charge is 0.317 e. The summed E-state index contributed by atoms with van der Waals surface area (Å²) in [4.78, 5) is 0. The Morgan fingerprint density at radius 1 is 0.818 bits per heavy atom. The second kappa shape index (κ2) is 5.77. The Kier molecular flexibility index (Phi) is 3.96. The van der Waals surface area contributed by atoms with E-state index < -0.39 is 0 Å². The van der Waals surface area contributed by atoms with Crippen LogP contribution in [-0.2, 0) is 5.41 Å². The summed E-state index contributed by atoms with van der Waals surface area (Å²) in [6, 6.07) is 21.5. The van der Waals surface area contributed by atoms with Crippen LogP contribution >= 0.6 is 15.9 Å². The lowest BCUT2D eigenvalue weighted by atomic mass is 9.86. The van der Waals surface area contributed by atoms with E-state index in [0.717, 1.165) is 4.47 Å². The average Bonchev–Trinajstić information content (AvgIpc) is 2.97. The third kappa shape index (κ3) is 3.02. The van der Waals surface area contributed by atoms with Crippen molar-refractivity contribution in [1.29, 1.82) is 0 Å². The molecule has 2 aromatic carbocycles. The molecule has 1 aromatic heterocycles. The minimum Gasteiger partial charge on any atom is -0.317 e. The molecule has 0 spiro atoms. The second-order valence-corrected chi connectivity index (χ2v) is 7.48. The minimum atomic E-state index is 0.187. The maximum Gasteiger partial charge on any atom is 0.0528 e. The van der Waals surface area contributed by atoms with Crippen molar-refractivity contribution < 1.29 is 0 Å². The molecular weight excluding hydrogens is 334 g/mol. The van der Waals surface area contributed by atoms with Gasteiger partial charge in [-0.3, -0.25) is 0 Å². The van der Waals surface area contributed by atoms with Gasteiger partial charge in [-0.25, -0.2) is 0 Å². The smallest absolute Gasteiger partial charge is 0.0528 e. The molecule has 0 aliphatic carbocycles. The minimum absolute atomic E-state index is 0.187. The fourth-order valence-corrected chi connectivity index (χ4v) is 2.85. The van der Waals surface area contributed by atoms with E-state index in [-0.39, 0.29) is 5.41 Å². The molecule has 112 valence electrons. The van der Waals surface area contributed by atoms with Crippen LogP contribution in [0.1, 0.15) is 26.3 Å². The number of benzene rings is 2. The monoisotopic (exact) mass is 353 g/mol. The molecule has 0 saturated heterocycles. The van der Waals surface area contributed by atoms with Crippen molar-refractivity contribution in [2.24, 2.45) is 0 Å². The molecule has 0 aliphatic heterocycles.